The molecule has 0 radical (unpaired) electrons. The Bertz CT molecular complexity index is 855. The summed E-state index contributed by atoms with van der Waals surface area (Å²) in [6.45, 7) is 7.14. The normalized spacial score (nSPS) is 13.6. The van der Waals surface area contributed by atoms with Gasteiger partial charge in [-0.05, 0) is 56.4 Å². The Balaban J connectivity index is 1.68. The topological polar surface area (TPSA) is 75.6 Å². The molecule has 2 aromatic carbocycles. The molecule has 5 nitrogen and oxygen atoms in total. The first-order chi connectivity index (χ1) is 13.1. The molecule has 0 aromatic heterocycles. The van der Waals surface area contributed by atoms with E-state index in [1.807, 2.05) is 24.3 Å². The number of amides is 1. The minimum atomic E-state index is -0.944. The highest BCUT2D eigenvalue weighted by atomic mass is 16.5. The minimum absolute atomic E-state index is 0.00303. The lowest BCUT2D eigenvalue weighted by Gasteiger charge is -2.32. The highest BCUT2D eigenvalue weighted by Crippen LogP contribution is 2.44. The zero-order chi connectivity index (χ0) is 20.5. The maximum atomic E-state index is 12.4. The average molecular weight is 381 g/mol. The lowest BCUT2D eigenvalue weighted by molar-refractivity contribution is -0.148. The van der Waals surface area contributed by atoms with Crippen molar-refractivity contribution in [1.29, 1.82) is 0 Å². The van der Waals surface area contributed by atoms with E-state index in [-0.39, 0.29) is 12.5 Å². The summed E-state index contributed by atoms with van der Waals surface area (Å²) in [6.07, 6.45) is -0.243. The predicted molar refractivity (Wildman–Crippen MR) is 108 cm³/mol. The fraction of sp³-hybridized carbons (Fsp3) is 0.391. The van der Waals surface area contributed by atoms with Crippen molar-refractivity contribution >= 4 is 12.1 Å². The van der Waals surface area contributed by atoms with Gasteiger partial charge in [-0.25, -0.2) is 4.79 Å². The van der Waals surface area contributed by atoms with E-state index in [0.717, 1.165) is 11.1 Å². The van der Waals surface area contributed by atoms with Gasteiger partial charge in [-0.1, -0.05) is 48.5 Å². The van der Waals surface area contributed by atoms with Crippen LogP contribution < -0.4 is 5.32 Å². The first-order valence-corrected chi connectivity index (χ1v) is 9.47. The molecular weight excluding hydrogens is 354 g/mol. The number of hydrogen-bond donors (Lipinski definition) is 2. The van der Waals surface area contributed by atoms with Gasteiger partial charge in [0.25, 0.3) is 0 Å². The summed E-state index contributed by atoms with van der Waals surface area (Å²) in [6, 6.07) is 16.3. The number of benzene rings is 2. The number of rotatable bonds is 6. The number of ether oxygens (including phenoxy) is 1. The molecule has 0 saturated carbocycles. The van der Waals surface area contributed by atoms with Crippen LogP contribution in [0.25, 0.3) is 11.1 Å². The SMILES string of the molecule is CC(C)(CC(C)(C)C(=O)O)NC(=O)OCC1c2ccccc2-c2ccccc21. The smallest absolute Gasteiger partial charge is 0.407 e. The fourth-order valence-electron chi connectivity index (χ4n) is 4.14. The monoisotopic (exact) mass is 381 g/mol. The molecule has 1 aliphatic rings. The zero-order valence-electron chi connectivity index (χ0n) is 16.8. The largest absolute Gasteiger partial charge is 0.481 e. The van der Waals surface area contributed by atoms with Gasteiger partial charge in [-0.2, -0.15) is 0 Å². The summed E-state index contributed by atoms with van der Waals surface area (Å²) < 4.78 is 5.55. The average Bonchev–Trinajstić information content (AvgIpc) is 2.92. The van der Waals surface area contributed by atoms with Crippen LogP contribution in [0.3, 0.4) is 0 Å². The van der Waals surface area contributed by atoms with Crippen molar-refractivity contribution in [3.05, 3.63) is 59.7 Å². The number of fused-ring (bicyclic) bond motifs is 3. The van der Waals surface area contributed by atoms with Crippen LogP contribution in [0.4, 0.5) is 4.79 Å². The summed E-state index contributed by atoms with van der Waals surface area (Å²) in [4.78, 5) is 23.8. The van der Waals surface area contributed by atoms with Crippen LogP contribution in [0.1, 0.15) is 51.2 Å². The van der Waals surface area contributed by atoms with Gasteiger partial charge >= 0.3 is 12.1 Å². The number of alkyl carbamates (subject to hydrolysis) is 1. The van der Waals surface area contributed by atoms with Gasteiger partial charge in [-0.15, -0.1) is 0 Å². The number of aliphatic carboxylic acids is 1. The summed E-state index contributed by atoms with van der Waals surface area (Å²) in [7, 11) is 0. The van der Waals surface area contributed by atoms with E-state index in [2.05, 4.69) is 29.6 Å². The number of carboxylic acid groups (broad SMARTS) is 1. The fourth-order valence-corrected chi connectivity index (χ4v) is 4.14. The predicted octanol–water partition coefficient (Wildman–Crippen LogP) is 4.80. The Morgan fingerprint density at radius 3 is 1.96 bits per heavy atom. The highest BCUT2D eigenvalue weighted by Gasteiger charge is 2.36. The Labute approximate surface area is 165 Å². The van der Waals surface area contributed by atoms with Crippen LogP contribution in [-0.2, 0) is 9.53 Å². The molecule has 28 heavy (non-hydrogen) atoms. The van der Waals surface area contributed by atoms with E-state index < -0.39 is 23.0 Å². The van der Waals surface area contributed by atoms with Crippen LogP contribution in [-0.4, -0.2) is 29.3 Å². The third kappa shape index (κ3) is 4.03. The third-order valence-corrected chi connectivity index (χ3v) is 5.25. The molecule has 0 unspecified atom stereocenters. The Hall–Kier alpha value is -2.82. The second kappa shape index (κ2) is 7.30. The molecule has 0 aliphatic heterocycles. The molecule has 148 valence electrons. The minimum Gasteiger partial charge on any atom is -0.481 e. The molecule has 0 atom stereocenters. The van der Waals surface area contributed by atoms with Gasteiger partial charge < -0.3 is 15.2 Å². The molecule has 0 bridgehead atoms. The van der Waals surface area contributed by atoms with Crippen LogP contribution in [0.5, 0.6) is 0 Å². The number of carbonyl (C=O) groups is 2. The van der Waals surface area contributed by atoms with Crippen molar-refractivity contribution in [2.24, 2.45) is 5.41 Å². The van der Waals surface area contributed by atoms with Gasteiger partial charge in [0.2, 0.25) is 0 Å². The van der Waals surface area contributed by atoms with Crippen molar-refractivity contribution in [3.63, 3.8) is 0 Å². The Kier molecular flexibility index (Phi) is 5.20. The summed E-state index contributed by atoms with van der Waals surface area (Å²) in [5.74, 6) is -0.897. The van der Waals surface area contributed by atoms with E-state index in [9.17, 15) is 14.7 Å². The molecule has 0 heterocycles. The van der Waals surface area contributed by atoms with E-state index in [1.54, 1.807) is 27.7 Å². The van der Waals surface area contributed by atoms with Crippen LogP contribution in [0.15, 0.2) is 48.5 Å². The number of carboxylic acids is 1. The highest BCUT2D eigenvalue weighted by molar-refractivity contribution is 5.79. The lowest BCUT2D eigenvalue weighted by atomic mass is 9.80. The molecule has 0 saturated heterocycles. The van der Waals surface area contributed by atoms with Crippen molar-refractivity contribution in [2.45, 2.75) is 45.6 Å². The van der Waals surface area contributed by atoms with Crippen molar-refractivity contribution in [2.75, 3.05) is 6.61 Å². The summed E-state index contributed by atoms with van der Waals surface area (Å²) in [5.41, 5.74) is 3.02. The molecule has 0 fully saturated rings. The molecule has 3 rings (SSSR count). The van der Waals surface area contributed by atoms with Gasteiger partial charge in [0.15, 0.2) is 0 Å². The molecule has 2 aromatic rings. The summed E-state index contributed by atoms with van der Waals surface area (Å²) in [5, 5.41) is 12.1. The molecule has 0 spiro atoms. The van der Waals surface area contributed by atoms with Crippen LogP contribution >= 0.6 is 0 Å². The Morgan fingerprint density at radius 2 is 1.46 bits per heavy atom. The maximum Gasteiger partial charge on any atom is 0.407 e. The number of carbonyl (C=O) groups excluding carboxylic acids is 1. The van der Waals surface area contributed by atoms with Gasteiger partial charge in [0, 0.05) is 11.5 Å². The van der Waals surface area contributed by atoms with Crippen LogP contribution in [0, 0.1) is 5.41 Å². The molecule has 1 aliphatic carbocycles. The lowest BCUT2D eigenvalue weighted by Crippen LogP contribution is -2.48. The van der Waals surface area contributed by atoms with E-state index in [0.29, 0.717) is 6.42 Å². The van der Waals surface area contributed by atoms with Gasteiger partial charge in [0.05, 0.1) is 5.41 Å². The molecule has 1 amide bonds. The second-order valence-corrected chi connectivity index (χ2v) is 8.70. The van der Waals surface area contributed by atoms with Gasteiger partial charge in [-0.3, -0.25) is 4.79 Å². The maximum absolute atomic E-state index is 12.4. The van der Waals surface area contributed by atoms with E-state index in [1.165, 1.54) is 11.1 Å². The number of hydrogen-bond acceptors (Lipinski definition) is 3. The second-order valence-electron chi connectivity index (χ2n) is 8.70. The first-order valence-electron chi connectivity index (χ1n) is 9.47. The van der Waals surface area contributed by atoms with Crippen molar-refractivity contribution in [1.82, 2.24) is 5.32 Å². The van der Waals surface area contributed by atoms with Gasteiger partial charge in [0.1, 0.15) is 6.61 Å². The molecule has 5 heteroatoms. The zero-order valence-corrected chi connectivity index (χ0v) is 16.8. The molecule has 2 N–H and O–H groups in total. The van der Waals surface area contributed by atoms with Crippen LogP contribution in [0.2, 0.25) is 0 Å². The standard InChI is InChI=1S/C23H27NO4/c1-22(2,20(25)26)14-23(3,4)24-21(27)28-13-19-17-11-7-5-9-15(17)16-10-6-8-12-18(16)19/h5-12,19H,13-14H2,1-4H3,(H,24,27)(H,25,26). The van der Waals surface area contributed by atoms with E-state index in [4.69, 9.17) is 4.74 Å². The number of nitrogens with one attached hydrogen (secondary N) is 1. The van der Waals surface area contributed by atoms with E-state index >= 15 is 0 Å². The Morgan fingerprint density at radius 1 is 0.964 bits per heavy atom. The summed E-state index contributed by atoms with van der Waals surface area (Å²) >= 11 is 0. The quantitative estimate of drug-likeness (QED) is 0.753. The molecular formula is C23H27NO4. The van der Waals surface area contributed by atoms with Crippen molar-refractivity contribution < 1.29 is 19.4 Å². The first kappa shape index (κ1) is 19.9. The van der Waals surface area contributed by atoms with Crippen molar-refractivity contribution in [3.8, 4) is 11.1 Å². The third-order valence-electron chi connectivity index (χ3n) is 5.25.